The van der Waals surface area contributed by atoms with Gasteiger partial charge in [-0.1, -0.05) is 35.3 Å². The van der Waals surface area contributed by atoms with Gasteiger partial charge in [-0.15, -0.1) is 0 Å². The van der Waals surface area contributed by atoms with Crippen LogP contribution in [0, 0.1) is 0 Å². The van der Waals surface area contributed by atoms with Crippen LogP contribution >= 0.6 is 23.2 Å². The fourth-order valence-electron chi connectivity index (χ4n) is 3.51. The molecule has 0 amide bonds. The number of benzene rings is 1. The number of aromatic nitrogens is 2. The van der Waals surface area contributed by atoms with Crippen molar-refractivity contribution in [3.63, 3.8) is 0 Å². The van der Waals surface area contributed by atoms with Gasteiger partial charge in [0.1, 0.15) is 5.82 Å². The van der Waals surface area contributed by atoms with E-state index in [0.717, 1.165) is 50.4 Å². The predicted molar refractivity (Wildman–Crippen MR) is 96.3 cm³/mol. The molecule has 0 spiro atoms. The second-order valence-corrected chi connectivity index (χ2v) is 7.31. The van der Waals surface area contributed by atoms with E-state index in [2.05, 4.69) is 15.2 Å². The second kappa shape index (κ2) is 6.96. The fraction of sp³-hybridized carbons (Fsp3) is 0.444. The van der Waals surface area contributed by atoms with Gasteiger partial charge in [-0.25, -0.2) is 9.97 Å². The van der Waals surface area contributed by atoms with E-state index in [-0.39, 0.29) is 0 Å². The summed E-state index contributed by atoms with van der Waals surface area (Å²) in [5, 5.41) is 4.74. The van der Waals surface area contributed by atoms with E-state index in [9.17, 15) is 0 Å². The molecule has 1 fully saturated rings. The Morgan fingerprint density at radius 3 is 3.04 bits per heavy atom. The van der Waals surface area contributed by atoms with Crippen molar-refractivity contribution in [3.8, 4) is 0 Å². The highest BCUT2D eigenvalue weighted by Crippen LogP contribution is 2.28. The van der Waals surface area contributed by atoms with Crippen LogP contribution in [0.25, 0.3) is 0 Å². The van der Waals surface area contributed by atoms with Gasteiger partial charge in [0.15, 0.2) is 0 Å². The highest BCUT2D eigenvalue weighted by atomic mass is 35.5. The van der Waals surface area contributed by atoms with Crippen LogP contribution < -0.4 is 5.32 Å². The van der Waals surface area contributed by atoms with Crippen molar-refractivity contribution in [2.75, 3.05) is 13.1 Å². The number of hydrogen-bond donors (Lipinski definition) is 1. The van der Waals surface area contributed by atoms with Gasteiger partial charge in [-0.05, 0) is 31.0 Å². The summed E-state index contributed by atoms with van der Waals surface area (Å²) in [6, 6.07) is 6.14. The topological polar surface area (TPSA) is 41.1 Å². The largest absolute Gasteiger partial charge is 0.307 e. The molecule has 1 unspecified atom stereocenters. The highest BCUT2D eigenvalue weighted by Gasteiger charge is 2.23. The Morgan fingerprint density at radius 2 is 2.21 bits per heavy atom. The maximum absolute atomic E-state index is 6.32. The summed E-state index contributed by atoms with van der Waals surface area (Å²) in [4.78, 5) is 11.8. The highest BCUT2D eigenvalue weighted by molar-refractivity contribution is 6.42. The third kappa shape index (κ3) is 3.29. The van der Waals surface area contributed by atoms with Crippen molar-refractivity contribution in [1.29, 1.82) is 0 Å². The zero-order chi connectivity index (χ0) is 16.5. The van der Waals surface area contributed by atoms with Crippen molar-refractivity contribution in [1.82, 2.24) is 20.2 Å². The lowest BCUT2D eigenvalue weighted by Gasteiger charge is -2.28. The summed E-state index contributed by atoms with van der Waals surface area (Å²) in [5.41, 5.74) is 3.49. The smallest absolute Gasteiger partial charge is 0.145 e. The molecule has 0 saturated carbocycles. The molecule has 126 valence electrons. The first kappa shape index (κ1) is 16.3. The van der Waals surface area contributed by atoms with Crippen LogP contribution in [0.15, 0.2) is 24.4 Å². The number of hydrogen-bond acceptors (Lipinski definition) is 4. The van der Waals surface area contributed by atoms with E-state index in [1.54, 1.807) is 0 Å². The van der Waals surface area contributed by atoms with E-state index in [4.69, 9.17) is 28.2 Å². The van der Waals surface area contributed by atoms with E-state index in [1.807, 2.05) is 24.4 Å². The quantitative estimate of drug-likeness (QED) is 0.902. The number of fused-ring (bicyclic) bond motifs is 1. The molecule has 1 saturated heterocycles. The number of rotatable bonds is 3. The minimum Gasteiger partial charge on any atom is -0.307 e. The Kier molecular flexibility index (Phi) is 4.72. The van der Waals surface area contributed by atoms with Crippen molar-refractivity contribution < 1.29 is 0 Å². The lowest BCUT2D eigenvalue weighted by Crippen LogP contribution is -2.31. The zero-order valence-corrected chi connectivity index (χ0v) is 14.9. The molecule has 2 aliphatic rings. The molecule has 6 heteroatoms. The van der Waals surface area contributed by atoms with Crippen LogP contribution in [-0.2, 0) is 19.5 Å². The van der Waals surface area contributed by atoms with Gasteiger partial charge in [0, 0.05) is 43.5 Å². The molecule has 2 aliphatic heterocycles. The van der Waals surface area contributed by atoms with Gasteiger partial charge < -0.3 is 5.32 Å². The van der Waals surface area contributed by atoms with Crippen molar-refractivity contribution in [3.05, 3.63) is 57.1 Å². The van der Waals surface area contributed by atoms with Gasteiger partial charge in [-0.2, -0.15) is 0 Å². The Hall–Kier alpha value is -1.20. The summed E-state index contributed by atoms with van der Waals surface area (Å²) in [7, 11) is 0. The SMILES string of the molecule is Clc1cccc(CN2CCc3nc(C4CCCN4)ncc3C2)c1Cl. The third-order valence-corrected chi connectivity index (χ3v) is 5.69. The molecule has 0 bridgehead atoms. The summed E-state index contributed by atoms with van der Waals surface area (Å²) in [6.45, 7) is 3.70. The minimum absolute atomic E-state index is 0.332. The Balaban J connectivity index is 1.48. The summed E-state index contributed by atoms with van der Waals surface area (Å²) >= 11 is 12.4. The van der Waals surface area contributed by atoms with Crippen molar-refractivity contribution >= 4 is 23.2 Å². The average molecular weight is 363 g/mol. The standard InChI is InChI=1S/C18H20Cl2N4/c19-14-4-1-3-12(17(14)20)10-24-8-6-15-13(11-24)9-22-18(23-15)16-5-2-7-21-16/h1,3-4,9,16,21H,2,5-8,10-11H2. The first-order chi connectivity index (χ1) is 11.7. The van der Waals surface area contributed by atoms with Gasteiger partial charge in [0.05, 0.1) is 16.1 Å². The molecule has 1 atom stereocenters. The molecule has 3 heterocycles. The fourth-order valence-corrected chi connectivity index (χ4v) is 3.89. The maximum atomic E-state index is 6.32. The molecule has 4 rings (SSSR count). The number of nitrogens with one attached hydrogen (secondary N) is 1. The molecule has 0 aliphatic carbocycles. The van der Waals surface area contributed by atoms with Gasteiger partial charge >= 0.3 is 0 Å². The van der Waals surface area contributed by atoms with E-state index >= 15 is 0 Å². The Morgan fingerprint density at radius 1 is 1.29 bits per heavy atom. The molecular weight excluding hydrogens is 343 g/mol. The second-order valence-electron chi connectivity index (χ2n) is 6.52. The van der Waals surface area contributed by atoms with Gasteiger partial charge in [0.2, 0.25) is 0 Å². The average Bonchev–Trinajstić information content (AvgIpc) is 3.13. The Labute approximate surface area is 152 Å². The molecule has 1 aromatic carbocycles. The molecule has 4 nitrogen and oxygen atoms in total. The molecule has 2 aromatic rings. The van der Waals surface area contributed by atoms with Crippen molar-refractivity contribution in [2.24, 2.45) is 0 Å². The van der Waals surface area contributed by atoms with Crippen LogP contribution in [0.3, 0.4) is 0 Å². The van der Waals surface area contributed by atoms with E-state index in [1.165, 1.54) is 17.7 Å². The molecule has 1 aromatic heterocycles. The van der Waals surface area contributed by atoms with Crippen LogP contribution in [0.5, 0.6) is 0 Å². The zero-order valence-electron chi connectivity index (χ0n) is 13.4. The molecule has 0 radical (unpaired) electrons. The van der Waals surface area contributed by atoms with Crippen LogP contribution in [0.2, 0.25) is 10.0 Å². The summed E-state index contributed by atoms with van der Waals surface area (Å²) < 4.78 is 0. The summed E-state index contributed by atoms with van der Waals surface area (Å²) in [6.07, 6.45) is 5.30. The molecule has 24 heavy (non-hydrogen) atoms. The molecular formula is C18H20Cl2N4. The predicted octanol–water partition coefficient (Wildman–Crippen LogP) is 3.77. The van der Waals surface area contributed by atoms with Gasteiger partial charge in [-0.3, -0.25) is 4.90 Å². The van der Waals surface area contributed by atoms with E-state index < -0.39 is 0 Å². The van der Waals surface area contributed by atoms with Crippen molar-refractivity contribution in [2.45, 2.75) is 38.4 Å². The minimum atomic E-state index is 0.332. The molecule has 1 N–H and O–H groups in total. The van der Waals surface area contributed by atoms with E-state index in [0.29, 0.717) is 16.1 Å². The lowest BCUT2D eigenvalue weighted by molar-refractivity contribution is 0.242. The van der Waals surface area contributed by atoms with Crippen LogP contribution in [0.4, 0.5) is 0 Å². The number of nitrogens with zero attached hydrogens (tertiary/aromatic N) is 3. The Bertz CT molecular complexity index is 744. The third-order valence-electron chi connectivity index (χ3n) is 4.83. The number of halogens is 2. The summed E-state index contributed by atoms with van der Waals surface area (Å²) in [5.74, 6) is 0.956. The lowest BCUT2D eigenvalue weighted by atomic mass is 10.1. The normalized spacial score (nSPS) is 21.0. The monoisotopic (exact) mass is 362 g/mol. The van der Waals surface area contributed by atoms with Gasteiger partial charge in [0.25, 0.3) is 0 Å². The first-order valence-corrected chi connectivity index (χ1v) is 9.19. The first-order valence-electron chi connectivity index (χ1n) is 8.44. The van der Waals surface area contributed by atoms with Crippen LogP contribution in [0.1, 0.15) is 41.5 Å². The van der Waals surface area contributed by atoms with Crippen LogP contribution in [-0.4, -0.2) is 28.0 Å². The maximum Gasteiger partial charge on any atom is 0.145 e.